The Morgan fingerprint density at radius 1 is 0.140 bits per heavy atom. The lowest BCUT2D eigenvalue weighted by atomic mass is 10.1. The van der Waals surface area contributed by atoms with Gasteiger partial charge in [-0.2, -0.15) is 0 Å². The van der Waals surface area contributed by atoms with Crippen LogP contribution in [0.15, 0.2) is 0 Å². The SMILES string of the molecule is CCCCCCCCCCCCC[P+](CCCCC)(CCCCC)CCCCC.CCCCCCCCCCCC[P+](CCCCC)(CCCCC)CCCCC. The average Bonchev–Trinajstić information content (AvgIpc) is 3.21. The highest BCUT2D eigenvalue weighted by Gasteiger charge is 2.36. The minimum Gasteiger partial charge on any atom is -0.0654 e. The Bertz CT molecular complexity index is 650. The van der Waals surface area contributed by atoms with Gasteiger partial charge in [-0.25, -0.2) is 0 Å². The number of unbranched alkanes of at least 4 members (excludes halogenated alkanes) is 31. The van der Waals surface area contributed by atoms with Gasteiger partial charge in [-0.15, -0.1) is 0 Å². The standard InChI is InChI=1S/C28H60P.C27H58P/c1-5-9-13-14-15-16-17-18-19-20-24-28-29(25-21-10-6-2,26-22-11-7-3)27-23-12-8-4;1-5-9-13-14-15-16-17-18-19-23-27-28(24-20-10-6-2,25-21-11-7-3)26-22-12-8-4/h5-28H2,1-4H3;5-27H2,1-4H3/q2*+1. The fourth-order valence-electron chi connectivity index (χ4n) is 9.57. The van der Waals surface area contributed by atoms with Gasteiger partial charge in [-0.1, -0.05) is 242 Å². The molecule has 0 aliphatic rings. The normalized spacial score (nSPS) is 12.0. The smallest absolute Gasteiger partial charge is 0.0594 e. The summed E-state index contributed by atoms with van der Waals surface area (Å²) in [5.41, 5.74) is 0. The molecule has 346 valence electrons. The topological polar surface area (TPSA) is 0 Å². The first-order valence-electron chi connectivity index (χ1n) is 27.7. The first kappa shape index (κ1) is 60.0. The van der Waals surface area contributed by atoms with Crippen molar-refractivity contribution in [3.63, 3.8) is 0 Å². The van der Waals surface area contributed by atoms with Gasteiger partial charge in [-0.3, -0.25) is 0 Å². The molecule has 0 radical (unpaired) electrons. The lowest BCUT2D eigenvalue weighted by molar-refractivity contribution is 0.554. The van der Waals surface area contributed by atoms with Crippen LogP contribution in [-0.4, -0.2) is 49.3 Å². The number of rotatable bonds is 47. The molecule has 0 aliphatic carbocycles. The molecule has 0 aromatic carbocycles. The number of hydrogen-bond acceptors (Lipinski definition) is 0. The van der Waals surface area contributed by atoms with Gasteiger partial charge in [0.05, 0.1) is 49.3 Å². The van der Waals surface area contributed by atoms with Gasteiger partial charge in [0.2, 0.25) is 0 Å². The van der Waals surface area contributed by atoms with E-state index in [-0.39, 0.29) is 0 Å². The summed E-state index contributed by atoms with van der Waals surface area (Å²) in [7, 11) is -1.32. The molecule has 0 rings (SSSR count). The van der Waals surface area contributed by atoms with Crippen LogP contribution in [0.25, 0.3) is 0 Å². The van der Waals surface area contributed by atoms with Crippen LogP contribution in [0.3, 0.4) is 0 Å². The maximum atomic E-state index is 2.37. The Balaban J connectivity index is 0. The van der Waals surface area contributed by atoms with Crippen molar-refractivity contribution in [2.24, 2.45) is 0 Å². The molecule has 0 heterocycles. The van der Waals surface area contributed by atoms with E-state index in [0.717, 1.165) is 0 Å². The third-order valence-electron chi connectivity index (χ3n) is 13.6. The molecular formula is C55H118P2+2. The highest BCUT2D eigenvalue weighted by Crippen LogP contribution is 2.62. The van der Waals surface area contributed by atoms with Crippen molar-refractivity contribution in [1.82, 2.24) is 0 Å². The quantitative estimate of drug-likeness (QED) is 0.0423. The van der Waals surface area contributed by atoms with E-state index in [4.69, 9.17) is 0 Å². The lowest BCUT2D eigenvalue weighted by Crippen LogP contribution is -2.13. The van der Waals surface area contributed by atoms with Gasteiger partial charge in [0.1, 0.15) is 0 Å². The molecule has 0 aromatic rings. The van der Waals surface area contributed by atoms with Crippen molar-refractivity contribution >= 4 is 14.5 Å². The first-order chi connectivity index (χ1) is 28.0. The van der Waals surface area contributed by atoms with Crippen molar-refractivity contribution in [3.8, 4) is 0 Å². The monoisotopic (exact) mass is 841 g/mol. The van der Waals surface area contributed by atoms with Crippen LogP contribution in [0.1, 0.15) is 306 Å². The minimum absolute atomic E-state index is 0.659. The van der Waals surface area contributed by atoms with Gasteiger partial charge in [0.15, 0.2) is 0 Å². The van der Waals surface area contributed by atoms with E-state index in [1.54, 1.807) is 62.1 Å². The highest BCUT2D eigenvalue weighted by atomic mass is 31.2. The van der Waals surface area contributed by atoms with Crippen molar-refractivity contribution < 1.29 is 0 Å². The fraction of sp³-hybridized carbons (Fsp3) is 1.00. The highest BCUT2D eigenvalue weighted by molar-refractivity contribution is 7.76. The van der Waals surface area contributed by atoms with Crippen LogP contribution in [0, 0.1) is 0 Å². The Hall–Kier alpha value is 0.860. The van der Waals surface area contributed by atoms with Gasteiger partial charge in [-0.05, 0) is 64.2 Å². The van der Waals surface area contributed by atoms with E-state index in [0.29, 0.717) is 0 Å². The van der Waals surface area contributed by atoms with E-state index >= 15 is 0 Å². The van der Waals surface area contributed by atoms with Crippen molar-refractivity contribution in [3.05, 3.63) is 0 Å². The van der Waals surface area contributed by atoms with Gasteiger partial charge < -0.3 is 0 Å². The Labute approximate surface area is 368 Å². The maximum Gasteiger partial charge on any atom is 0.0594 e. The van der Waals surface area contributed by atoms with Crippen LogP contribution in [-0.2, 0) is 0 Å². The summed E-state index contributed by atoms with van der Waals surface area (Å²) in [6.07, 6.45) is 70.6. The average molecular weight is 841 g/mol. The molecule has 0 aromatic heterocycles. The number of hydrogen-bond donors (Lipinski definition) is 0. The summed E-state index contributed by atoms with van der Waals surface area (Å²) in [4.78, 5) is 0. The van der Waals surface area contributed by atoms with E-state index in [2.05, 4.69) is 55.4 Å². The molecule has 0 aliphatic heterocycles. The molecule has 2 heteroatoms. The molecule has 0 saturated carbocycles. The van der Waals surface area contributed by atoms with Crippen LogP contribution in [0.5, 0.6) is 0 Å². The largest absolute Gasteiger partial charge is 0.0654 e. The predicted molar refractivity (Wildman–Crippen MR) is 278 cm³/mol. The van der Waals surface area contributed by atoms with Crippen molar-refractivity contribution in [1.29, 1.82) is 0 Å². The zero-order valence-electron chi connectivity index (χ0n) is 42.1. The second kappa shape index (κ2) is 49.5. The molecule has 0 fully saturated rings. The molecular weight excluding hydrogens is 723 g/mol. The summed E-state index contributed by atoms with van der Waals surface area (Å²) in [5.74, 6) is 0. The van der Waals surface area contributed by atoms with Crippen LogP contribution >= 0.6 is 14.5 Å². The van der Waals surface area contributed by atoms with Gasteiger partial charge in [0, 0.05) is 14.5 Å². The van der Waals surface area contributed by atoms with Crippen molar-refractivity contribution in [2.75, 3.05) is 49.3 Å². The second-order valence-corrected chi connectivity index (χ2v) is 28.4. The molecule has 0 N–H and O–H groups in total. The van der Waals surface area contributed by atoms with Crippen LogP contribution in [0.4, 0.5) is 0 Å². The van der Waals surface area contributed by atoms with E-state index in [1.165, 1.54) is 238 Å². The molecule has 0 unspecified atom stereocenters. The third kappa shape index (κ3) is 42.0. The summed E-state index contributed by atoms with van der Waals surface area (Å²) < 4.78 is 0. The summed E-state index contributed by atoms with van der Waals surface area (Å²) >= 11 is 0. The van der Waals surface area contributed by atoms with Crippen LogP contribution < -0.4 is 0 Å². The zero-order chi connectivity index (χ0) is 42.2. The third-order valence-corrected chi connectivity index (χ3v) is 23.8. The maximum absolute atomic E-state index is 2.37. The second-order valence-electron chi connectivity index (χ2n) is 19.4. The van der Waals surface area contributed by atoms with Crippen molar-refractivity contribution in [2.45, 2.75) is 306 Å². The molecule has 0 spiro atoms. The Morgan fingerprint density at radius 3 is 0.404 bits per heavy atom. The van der Waals surface area contributed by atoms with Gasteiger partial charge >= 0.3 is 0 Å². The summed E-state index contributed by atoms with van der Waals surface area (Å²) in [6, 6.07) is 0. The molecule has 0 nitrogen and oxygen atoms in total. The zero-order valence-corrected chi connectivity index (χ0v) is 43.9. The molecule has 0 atom stereocenters. The fourth-order valence-corrected chi connectivity index (χ4v) is 19.4. The Kier molecular flexibility index (Phi) is 52.1. The van der Waals surface area contributed by atoms with Crippen LogP contribution in [0.2, 0.25) is 0 Å². The summed E-state index contributed by atoms with van der Waals surface area (Å²) in [6.45, 7) is 18.9. The van der Waals surface area contributed by atoms with Gasteiger partial charge in [0.25, 0.3) is 0 Å². The van der Waals surface area contributed by atoms with E-state index < -0.39 is 14.5 Å². The molecule has 0 amide bonds. The van der Waals surface area contributed by atoms with E-state index in [1.807, 2.05) is 0 Å². The first-order valence-corrected chi connectivity index (χ1v) is 32.7. The predicted octanol–water partition coefficient (Wildman–Crippen LogP) is 21.4. The molecule has 0 saturated heterocycles. The summed E-state index contributed by atoms with van der Waals surface area (Å²) in [5, 5.41) is 0. The van der Waals surface area contributed by atoms with E-state index in [9.17, 15) is 0 Å². The molecule has 57 heavy (non-hydrogen) atoms. The minimum atomic E-state index is -0.662. The lowest BCUT2D eigenvalue weighted by Gasteiger charge is -2.28. The Morgan fingerprint density at radius 2 is 0.246 bits per heavy atom. The molecule has 0 bridgehead atoms.